The van der Waals surface area contributed by atoms with Gasteiger partial charge in [-0.05, 0) is 23.3 Å². The van der Waals surface area contributed by atoms with Gasteiger partial charge in [-0.15, -0.1) is 0 Å². The molecule has 0 aliphatic heterocycles. The molecule has 2 rings (SSSR count). The molecule has 0 spiro atoms. The van der Waals surface area contributed by atoms with E-state index >= 15 is 0 Å². The maximum absolute atomic E-state index is 13.2. The molecule has 4 heteroatoms. The lowest BCUT2D eigenvalue weighted by Crippen LogP contribution is -1.97. The third kappa shape index (κ3) is 3.63. The number of aliphatic hydroxyl groups excluding tert-OH is 1. The fraction of sp³-hybridized carbons (Fsp3) is 0.133. The van der Waals surface area contributed by atoms with Crippen LogP contribution in [0.3, 0.4) is 0 Å². The number of halogens is 1. The smallest absolute Gasteiger partial charge is 0.150 e. The number of benzene rings is 2. The zero-order valence-corrected chi connectivity index (χ0v) is 10.2. The molecule has 0 saturated heterocycles. The van der Waals surface area contributed by atoms with Gasteiger partial charge in [0.1, 0.15) is 24.5 Å². The quantitative estimate of drug-likeness (QED) is 0.841. The van der Waals surface area contributed by atoms with Gasteiger partial charge in [0.15, 0.2) is 0 Å². The Labute approximate surface area is 110 Å². The Hall–Kier alpha value is -2.20. The lowest BCUT2D eigenvalue weighted by molar-refractivity contribution is 0.112. The fourth-order valence-corrected chi connectivity index (χ4v) is 1.64. The van der Waals surface area contributed by atoms with Crippen LogP contribution in [0.15, 0.2) is 42.5 Å². The molecule has 98 valence electrons. The van der Waals surface area contributed by atoms with Crippen molar-refractivity contribution in [2.45, 2.75) is 13.2 Å². The van der Waals surface area contributed by atoms with Crippen molar-refractivity contribution in [1.82, 2.24) is 0 Å². The fourth-order valence-electron chi connectivity index (χ4n) is 1.64. The minimum Gasteiger partial charge on any atom is -0.489 e. The lowest BCUT2D eigenvalue weighted by Gasteiger charge is -2.07. The van der Waals surface area contributed by atoms with Crippen LogP contribution in [0.1, 0.15) is 21.5 Å². The molecule has 2 aromatic rings. The van der Waals surface area contributed by atoms with E-state index in [0.717, 1.165) is 17.2 Å². The summed E-state index contributed by atoms with van der Waals surface area (Å²) >= 11 is 0. The van der Waals surface area contributed by atoms with E-state index in [1.807, 2.05) is 12.1 Å². The summed E-state index contributed by atoms with van der Waals surface area (Å²) in [5.41, 5.74) is 1.96. The van der Waals surface area contributed by atoms with Crippen LogP contribution in [0, 0.1) is 5.82 Å². The van der Waals surface area contributed by atoms with Gasteiger partial charge in [0.05, 0.1) is 6.61 Å². The molecule has 0 fully saturated rings. The molecule has 0 heterocycles. The van der Waals surface area contributed by atoms with Crippen molar-refractivity contribution in [3.05, 3.63) is 65.0 Å². The standard InChI is InChI=1S/C15H13FO3/c16-14-5-13(9-18)6-15(7-14)19-10-12-3-1-11(8-17)2-4-12/h1-7,9,17H,8,10H2. The van der Waals surface area contributed by atoms with E-state index in [9.17, 15) is 9.18 Å². The largest absolute Gasteiger partial charge is 0.489 e. The molecule has 19 heavy (non-hydrogen) atoms. The second-order valence-corrected chi connectivity index (χ2v) is 4.10. The topological polar surface area (TPSA) is 46.5 Å². The molecule has 1 N–H and O–H groups in total. The van der Waals surface area contributed by atoms with Crippen molar-refractivity contribution in [2.24, 2.45) is 0 Å². The number of hydrogen-bond acceptors (Lipinski definition) is 3. The Balaban J connectivity index is 2.05. The number of aldehydes is 1. The van der Waals surface area contributed by atoms with Crippen molar-refractivity contribution in [3.8, 4) is 5.75 Å². The summed E-state index contributed by atoms with van der Waals surface area (Å²) in [6, 6.07) is 11.1. The van der Waals surface area contributed by atoms with E-state index in [4.69, 9.17) is 9.84 Å². The summed E-state index contributed by atoms with van der Waals surface area (Å²) < 4.78 is 18.6. The Morgan fingerprint density at radius 1 is 1.11 bits per heavy atom. The maximum atomic E-state index is 13.2. The molecule has 0 aromatic heterocycles. The molecule has 3 nitrogen and oxygen atoms in total. The number of rotatable bonds is 5. The summed E-state index contributed by atoms with van der Waals surface area (Å²) in [5.74, 6) is -0.191. The second-order valence-electron chi connectivity index (χ2n) is 4.10. The minimum absolute atomic E-state index is 0.00622. The Bertz CT molecular complexity index is 564. The summed E-state index contributed by atoms with van der Waals surface area (Å²) in [4.78, 5) is 10.6. The first-order valence-electron chi connectivity index (χ1n) is 5.78. The zero-order chi connectivity index (χ0) is 13.7. The third-order valence-electron chi connectivity index (χ3n) is 2.64. The maximum Gasteiger partial charge on any atom is 0.150 e. The number of carbonyl (C=O) groups is 1. The van der Waals surface area contributed by atoms with E-state index in [1.54, 1.807) is 12.1 Å². The van der Waals surface area contributed by atoms with Crippen LogP contribution in [0.4, 0.5) is 4.39 Å². The van der Waals surface area contributed by atoms with Crippen molar-refractivity contribution in [2.75, 3.05) is 0 Å². The normalized spacial score (nSPS) is 10.2. The van der Waals surface area contributed by atoms with E-state index in [-0.39, 0.29) is 18.8 Å². The average molecular weight is 260 g/mol. The van der Waals surface area contributed by atoms with Crippen molar-refractivity contribution < 1.29 is 19.0 Å². The van der Waals surface area contributed by atoms with Crippen molar-refractivity contribution in [1.29, 1.82) is 0 Å². The van der Waals surface area contributed by atoms with Gasteiger partial charge in [-0.2, -0.15) is 0 Å². The summed E-state index contributed by atoms with van der Waals surface area (Å²) in [7, 11) is 0. The van der Waals surface area contributed by atoms with Crippen molar-refractivity contribution in [3.63, 3.8) is 0 Å². The highest BCUT2D eigenvalue weighted by Gasteiger charge is 2.02. The predicted molar refractivity (Wildman–Crippen MR) is 68.5 cm³/mol. The summed E-state index contributed by atoms with van der Waals surface area (Å²) in [6.07, 6.45) is 0.575. The van der Waals surface area contributed by atoms with Gasteiger partial charge in [-0.1, -0.05) is 24.3 Å². The highest BCUT2D eigenvalue weighted by atomic mass is 19.1. The highest BCUT2D eigenvalue weighted by molar-refractivity contribution is 5.75. The lowest BCUT2D eigenvalue weighted by atomic mass is 10.1. The average Bonchev–Trinajstić information content (AvgIpc) is 2.45. The molecule has 0 saturated carbocycles. The Kier molecular flexibility index (Phi) is 4.26. The van der Waals surface area contributed by atoms with Crippen LogP contribution in [0.5, 0.6) is 5.75 Å². The second kappa shape index (κ2) is 6.11. The minimum atomic E-state index is -0.504. The van der Waals surface area contributed by atoms with Gasteiger partial charge < -0.3 is 9.84 Å². The molecular formula is C15H13FO3. The summed E-state index contributed by atoms with van der Waals surface area (Å²) in [5, 5.41) is 8.92. The van der Waals surface area contributed by atoms with Crippen LogP contribution < -0.4 is 4.74 Å². The summed E-state index contributed by atoms with van der Waals surface area (Å²) in [6.45, 7) is 0.265. The first-order valence-corrected chi connectivity index (χ1v) is 5.78. The monoisotopic (exact) mass is 260 g/mol. The Morgan fingerprint density at radius 3 is 2.42 bits per heavy atom. The molecular weight excluding hydrogens is 247 g/mol. The van der Waals surface area contributed by atoms with E-state index in [1.165, 1.54) is 12.1 Å². The SMILES string of the molecule is O=Cc1cc(F)cc(OCc2ccc(CO)cc2)c1. The van der Waals surface area contributed by atoms with Gasteiger partial charge in [0.2, 0.25) is 0 Å². The van der Waals surface area contributed by atoms with Gasteiger partial charge in [-0.3, -0.25) is 4.79 Å². The van der Waals surface area contributed by atoms with Gasteiger partial charge in [0.25, 0.3) is 0 Å². The molecule has 0 amide bonds. The number of hydrogen-bond donors (Lipinski definition) is 1. The number of aliphatic hydroxyl groups is 1. The molecule has 0 radical (unpaired) electrons. The molecule has 2 aromatic carbocycles. The zero-order valence-electron chi connectivity index (χ0n) is 10.2. The molecule has 0 atom stereocenters. The number of ether oxygens (including phenoxy) is 1. The molecule has 0 unspecified atom stereocenters. The van der Waals surface area contributed by atoms with Crippen molar-refractivity contribution >= 4 is 6.29 Å². The van der Waals surface area contributed by atoms with E-state index in [2.05, 4.69) is 0 Å². The van der Waals surface area contributed by atoms with E-state index < -0.39 is 5.82 Å². The number of carbonyl (C=O) groups excluding carboxylic acids is 1. The van der Waals surface area contributed by atoms with E-state index in [0.29, 0.717) is 12.0 Å². The molecule has 0 aliphatic rings. The van der Waals surface area contributed by atoms with Gasteiger partial charge in [0, 0.05) is 11.6 Å². The van der Waals surface area contributed by atoms with Crippen LogP contribution in [-0.2, 0) is 13.2 Å². The first-order chi connectivity index (χ1) is 9.21. The molecule has 0 bridgehead atoms. The van der Waals surface area contributed by atoms with Crippen LogP contribution in [0.25, 0.3) is 0 Å². The van der Waals surface area contributed by atoms with Gasteiger partial charge >= 0.3 is 0 Å². The van der Waals surface area contributed by atoms with Crippen LogP contribution in [0.2, 0.25) is 0 Å². The molecule has 0 aliphatic carbocycles. The van der Waals surface area contributed by atoms with Crippen LogP contribution >= 0.6 is 0 Å². The highest BCUT2D eigenvalue weighted by Crippen LogP contribution is 2.17. The first kappa shape index (κ1) is 13.2. The van der Waals surface area contributed by atoms with Gasteiger partial charge in [-0.25, -0.2) is 4.39 Å². The third-order valence-corrected chi connectivity index (χ3v) is 2.64. The van der Waals surface area contributed by atoms with Crippen LogP contribution in [-0.4, -0.2) is 11.4 Å². The predicted octanol–water partition coefficient (Wildman–Crippen LogP) is 2.71. The Morgan fingerprint density at radius 2 is 1.79 bits per heavy atom.